The van der Waals surface area contributed by atoms with Crippen LogP contribution in [0.15, 0.2) is 503 Å². The van der Waals surface area contributed by atoms with Gasteiger partial charge in [-0.2, -0.15) is 79.0 Å². The van der Waals surface area contributed by atoms with Crippen LogP contribution in [0.4, 0.5) is 79.0 Å². The topological polar surface area (TPSA) is 114 Å². The molecule has 0 aliphatic carbocycles. The molecule has 18 aromatic carbocycles. The van der Waals surface area contributed by atoms with Gasteiger partial charge in [0.05, 0.1) is 0 Å². The minimum Gasteiger partial charge on any atom is -0.743 e. The molecule has 6 nitrogen and oxygen atoms in total. The first-order valence-electron chi connectivity index (χ1n) is 43.9. The smallest absolute Gasteiger partial charge is 0.460 e. The third kappa shape index (κ3) is 21.8. The van der Waals surface area contributed by atoms with Crippen molar-refractivity contribution >= 4 is 42.0 Å². The molecule has 0 aromatic heterocycles. The van der Waals surface area contributed by atoms with Crippen molar-refractivity contribution in [3.8, 4) is 134 Å². The molecule has 0 aliphatic heterocycles. The van der Waals surface area contributed by atoms with Gasteiger partial charge in [0.25, 0.3) is 0 Å². The van der Waals surface area contributed by atoms with Crippen LogP contribution >= 0.6 is 0 Å². The summed E-state index contributed by atoms with van der Waals surface area (Å²) in [5.41, 5.74) is 29.1. The average Bonchev–Trinajstić information content (AvgIpc) is 0.743. The highest BCUT2D eigenvalue weighted by Crippen LogP contribution is 2.59. The van der Waals surface area contributed by atoms with Gasteiger partial charge >= 0.3 is 46.6 Å². The third-order valence-corrected chi connectivity index (χ3v) is 29.7. The van der Waals surface area contributed by atoms with Gasteiger partial charge in [-0.05, 0) is 162 Å². The van der Waals surface area contributed by atoms with Gasteiger partial charge < -0.3 is 9.11 Å². The van der Waals surface area contributed by atoms with Gasteiger partial charge in [-0.25, -0.2) is 16.8 Å². The lowest BCUT2D eigenvalue weighted by Gasteiger charge is -2.34. The molecule has 18 aromatic rings. The molecule has 0 N–H and O–H groups in total. The molecule has 0 heterocycles. The predicted octanol–water partition coefficient (Wildman–Crippen LogP) is 33.5. The molecule has 0 amide bonds. The molecular weight excluding hydrogens is 1960 g/mol. The van der Waals surface area contributed by atoms with Crippen LogP contribution in [-0.2, 0) is 42.0 Å². The Morgan fingerprint density at radius 1 is 0.160 bits per heavy atom. The summed E-state index contributed by atoms with van der Waals surface area (Å²) in [6.07, 6.45) is -14.3. The fourth-order valence-corrected chi connectivity index (χ4v) is 22.3. The van der Waals surface area contributed by atoms with Crippen LogP contribution in [0.1, 0.15) is 0 Å². The summed E-state index contributed by atoms with van der Waals surface area (Å²) in [4.78, 5) is 7.78. The molecule has 728 valence electrons. The Labute approximate surface area is 824 Å². The molecule has 18 rings (SSSR count). The minimum atomic E-state index is -7.43. The Hall–Kier alpha value is -14.8. The summed E-state index contributed by atoms with van der Waals surface area (Å²) in [6.45, 7) is 0. The Morgan fingerprint density at radius 2 is 0.278 bits per heavy atom. The third-order valence-electron chi connectivity index (χ3n) is 23.1. The van der Waals surface area contributed by atoms with E-state index in [-0.39, 0.29) is 0 Å². The second-order valence-electron chi connectivity index (χ2n) is 32.5. The highest BCUT2D eigenvalue weighted by molar-refractivity contribution is 7.98. The lowest BCUT2D eigenvalue weighted by Crippen LogP contribution is -2.63. The van der Waals surface area contributed by atoms with E-state index in [0.717, 1.165) is 0 Å². The number of hydrogen-bond donors (Lipinski definition) is 0. The van der Waals surface area contributed by atoms with Gasteiger partial charge in [-0.1, -0.05) is 400 Å². The molecular formula is C116H78F18O6S4. The molecule has 0 saturated heterocycles. The Bertz CT molecular complexity index is 6610. The van der Waals surface area contributed by atoms with Crippen LogP contribution in [-0.4, -0.2) is 72.5 Å². The quantitative estimate of drug-likeness (QED) is 0.0338. The standard InChI is InChI=1S/2C54H39S.2C4HF9O3S/c2*1-8-22-40(23-9-1)46-36-49(42-26-12-3-13-27-42)53(50(37-46)43-28-14-4-15-29-43)55(48-34-20-7-21-35-48)54-51(44-30-16-5-17-31-44)38-47(41-24-10-2-11-25-41)39-52(54)45-32-18-6-19-33-45;2*5-1(6,3(9,10)11)2(7,8)4(12,13)17(14,15)16/h2*1-39H;2*(H,14,15,16)/q2*+1;;/p-2. The van der Waals surface area contributed by atoms with E-state index < -0.39 is 88.6 Å². The fraction of sp³-hybridized carbons (Fsp3) is 0.0690. The van der Waals surface area contributed by atoms with Crippen molar-refractivity contribution in [3.63, 3.8) is 0 Å². The number of halogens is 18. The summed E-state index contributed by atoms with van der Waals surface area (Å²) in [6, 6.07) is 173. The van der Waals surface area contributed by atoms with Gasteiger partial charge in [0.2, 0.25) is 0 Å². The Balaban J connectivity index is 0.000000165. The number of benzene rings is 18. The average molecular weight is 2040 g/mol. The highest BCUT2D eigenvalue weighted by atomic mass is 32.2. The molecule has 0 bridgehead atoms. The summed E-state index contributed by atoms with van der Waals surface area (Å²) < 4.78 is 271. The predicted molar refractivity (Wildman–Crippen MR) is 529 cm³/mol. The lowest BCUT2D eigenvalue weighted by atomic mass is 9.93. The summed E-state index contributed by atoms with van der Waals surface area (Å²) >= 11 is 0. The van der Waals surface area contributed by atoms with E-state index in [4.69, 9.17) is 0 Å². The van der Waals surface area contributed by atoms with E-state index in [0.29, 0.717) is 0 Å². The molecule has 144 heavy (non-hydrogen) atoms. The summed E-state index contributed by atoms with van der Waals surface area (Å²) in [5, 5.41) is -14.2. The van der Waals surface area contributed by atoms with Crippen molar-refractivity contribution < 1.29 is 105 Å². The molecule has 0 unspecified atom stereocenters. The molecule has 0 atom stereocenters. The monoisotopic (exact) mass is 2040 g/mol. The first-order chi connectivity index (χ1) is 68.6. The first-order valence-corrected chi connectivity index (χ1v) is 49.2. The van der Waals surface area contributed by atoms with Gasteiger partial charge in [-0.3, -0.25) is 0 Å². The normalized spacial score (nSPS) is 12.3. The lowest BCUT2D eigenvalue weighted by molar-refractivity contribution is -0.382. The van der Waals surface area contributed by atoms with E-state index >= 15 is 0 Å². The fourth-order valence-electron chi connectivity index (χ4n) is 16.1. The SMILES string of the molecule is O=S(=O)([O-])C(F)(F)C(F)(F)C(F)(F)C(F)(F)F.O=S(=O)([O-])C(F)(F)C(F)(F)C(F)(F)C(F)(F)F.c1ccc(-c2cc(-c3ccccc3)c([S+](c3ccccc3)c3c(-c4ccccc4)cc(-c4ccccc4)cc3-c3ccccc3)c(-c3ccccc3)c2)cc1.c1ccc(-c2cc(-c3ccccc3)c([S+](c3ccccc3)c3c(-c4ccccc4)cc(-c4ccccc4)cc3-c3ccccc3)c(-c3ccccc3)c2)cc1. The largest absolute Gasteiger partial charge is 0.743 e. The molecule has 0 saturated carbocycles. The summed E-state index contributed by atoms with van der Waals surface area (Å²) in [5.74, 6) is -29.6. The van der Waals surface area contributed by atoms with Crippen LogP contribution in [0.25, 0.3) is 134 Å². The Kier molecular flexibility index (Phi) is 31.1. The second-order valence-corrected chi connectivity index (χ2v) is 39.1. The maximum absolute atomic E-state index is 12.2. The van der Waals surface area contributed by atoms with Crippen molar-refractivity contribution in [2.24, 2.45) is 0 Å². The second kappa shape index (κ2) is 43.2. The molecule has 0 fully saturated rings. The van der Waals surface area contributed by atoms with Gasteiger partial charge in [0, 0.05) is 44.5 Å². The minimum absolute atomic E-state index is 0.592. The first kappa shape index (κ1) is 104. The number of hydrogen-bond acceptors (Lipinski definition) is 6. The molecule has 0 aliphatic rings. The van der Waals surface area contributed by atoms with E-state index in [1.165, 1.54) is 163 Å². The van der Waals surface area contributed by atoms with E-state index in [2.05, 4.69) is 473 Å². The van der Waals surface area contributed by atoms with Crippen molar-refractivity contribution in [2.75, 3.05) is 0 Å². The van der Waals surface area contributed by atoms with Crippen molar-refractivity contribution in [1.82, 2.24) is 0 Å². The Morgan fingerprint density at radius 3 is 0.396 bits per heavy atom. The maximum Gasteiger partial charge on any atom is 0.460 e. The molecule has 28 heteroatoms. The van der Waals surface area contributed by atoms with Crippen LogP contribution in [0.2, 0.25) is 0 Å². The van der Waals surface area contributed by atoms with Crippen LogP contribution in [0, 0.1) is 0 Å². The van der Waals surface area contributed by atoms with Crippen LogP contribution in [0.5, 0.6) is 0 Å². The van der Waals surface area contributed by atoms with E-state index in [9.17, 15) is 105 Å². The van der Waals surface area contributed by atoms with Gasteiger partial charge in [0.15, 0.2) is 49.6 Å². The van der Waals surface area contributed by atoms with Crippen molar-refractivity contribution in [1.29, 1.82) is 0 Å². The zero-order valence-electron chi connectivity index (χ0n) is 74.9. The molecule has 0 spiro atoms. The van der Waals surface area contributed by atoms with Crippen LogP contribution in [0.3, 0.4) is 0 Å². The van der Waals surface area contributed by atoms with Crippen molar-refractivity contribution in [2.45, 2.75) is 75.9 Å². The van der Waals surface area contributed by atoms with Crippen LogP contribution < -0.4 is 0 Å². The van der Waals surface area contributed by atoms with E-state index in [1.807, 2.05) is 0 Å². The molecule has 0 radical (unpaired) electrons. The van der Waals surface area contributed by atoms with E-state index in [1.54, 1.807) is 0 Å². The zero-order chi connectivity index (χ0) is 103. The summed E-state index contributed by atoms with van der Waals surface area (Å²) in [7, 11) is -16.0. The number of rotatable bonds is 24. The maximum atomic E-state index is 12.2. The van der Waals surface area contributed by atoms with Crippen molar-refractivity contribution in [3.05, 3.63) is 473 Å². The van der Waals surface area contributed by atoms with Gasteiger partial charge in [0.1, 0.15) is 21.8 Å². The van der Waals surface area contributed by atoms with Gasteiger partial charge in [-0.15, -0.1) is 0 Å². The zero-order valence-corrected chi connectivity index (χ0v) is 78.2. The highest BCUT2D eigenvalue weighted by Gasteiger charge is 2.85. The number of alkyl halides is 18.